The zero-order valence-electron chi connectivity index (χ0n) is 11.4. The third kappa shape index (κ3) is 5.30. The predicted molar refractivity (Wildman–Crippen MR) is 75.9 cm³/mol. The highest BCUT2D eigenvalue weighted by molar-refractivity contribution is 9.09. The smallest absolute Gasteiger partial charge is 0.352 e. The highest BCUT2D eigenvalue weighted by atomic mass is 79.9. The number of benzene rings is 1. The van der Waals surface area contributed by atoms with Crippen LogP contribution in [0.5, 0.6) is 0 Å². The van der Waals surface area contributed by atoms with Crippen molar-refractivity contribution in [2.75, 3.05) is 11.9 Å². The lowest BCUT2D eigenvalue weighted by Gasteiger charge is -2.12. The van der Waals surface area contributed by atoms with Gasteiger partial charge >= 0.3 is 6.18 Å². The van der Waals surface area contributed by atoms with Crippen molar-refractivity contribution >= 4 is 21.8 Å². The van der Waals surface area contributed by atoms with Gasteiger partial charge in [-0.25, -0.2) is 4.39 Å². The lowest BCUT2D eigenvalue weighted by Crippen LogP contribution is -2.26. The molecule has 118 valence electrons. The van der Waals surface area contributed by atoms with E-state index in [2.05, 4.69) is 21.2 Å². The molecule has 1 unspecified atom stereocenters. The van der Waals surface area contributed by atoms with Crippen LogP contribution < -0.4 is 5.32 Å². The molecule has 0 aliphatic rings. The van der Waals surface area contributed by atoms with Crippen molar-refractivity contribution in [3.8, 4) is 0 Å². The Hall–Kier alpha value is -1.11. The molecule has 7 heteroatoms. The van der Waals surface area contributed by atoms with Crippen LogP contribution in [0, 0.1) is 11.7 Å². The molecule has 0 heterocycles. The molecule has 0 spiro atoms. The van der Waals surface area contributed by atoms with Crippen LogP contribution in [0.2, 0.25) is 0 Å². The Morgan fingerprint density at radius 2 is 2.05 bits per heavy atom. The number of rotatable bonds is 6. The summed E-state index contributed by atoms with van der Waals surface area (Å²) in [6.07, 6.45) is -3.28. The van der Waals surface area contributed by atoms with Crippen molar-refractivity contribution in [2.45, 2.75) is 25.9 Å². The first kappa shape index (κ1) is 17.9. The molecule has 1 aromatic carbocycles. The van der Waals surface area contributed by atoms with Crippen LogP contribution in [0.3, 0.4) is 0 Å². The van der Waals surface area contributed by atoms with Gasteiger partial charge in [0.25, 0.3) is 5.91 Å². The fourth-order valence-electron chi connectivity index (χ4n) is 1.75. The number of hydrogen-bond donors (Lipinski definition) is 1. The maximum atomic E-state index is 13.7. The van der Waals surface area contributed by atoms with Crippen molar-refractivity contribution in [3.05, 3.63) is 35.1 Å². The third-order valence-electron chi connectivity index (χ3n) is 2.97. The maximum absolute atomic E-state index is 13.7. The minimum absolute atomic E-state index is 0.297. The Balaban J connectivity index is 2.67. The standard InChI is InChI=1S/C14H16BrF4NO/c1-9(8-15)4-3-7-20-13(21)10-5-2-6-11(12(10)16)14(17,18)19/h2,5-6,9H,3-4,7-8H2,1H3,(H,20,21). The second kappa shape index (κ2) is 7.77. The second-order valence-corrected chi connectivity index (χ2v) is 5.47. The van der Waals surface area contributed by atoms with Crippen LogP contribution in [0.25, 0.3) is 0 Å². The minimum Gasteiger partial charge on any atom is -0.352 e. The molecule has 1 rings (SSSR count). The molecule has 0 aliphatic carbocycles. The van der Waals surface area contributed by atoms with Gasteiger partial charge in [0, 0.05) is 11.9 Å². The average molecular weight is 370 g/mol. The summed E-state index contributed by atoms with van der Waals surface area (Å²) >= 11 is 3.33. The monoisotopic (exact) mass is 369 g/mol. The average Bonchev–Trinajstić information content (AvgIpc) is 2.41. The van der Waals surface area contributed by atoms with Gasteiger partial charge in [-0.1, -0.05) is 28.9 Å². The Morgan fingerprint density at radius 3 is 2.62 bits per heavy atom. The number of carbonyl (C=O) groups is 1. The van der Waals surface area contributed by atoms with Gasteiger partial charge in [0.05, 0.1) is 11.1 Å². The van der Waals surface area contributed by atoms with E-state index in [1.165, 1.54) is 0 Å². The molecular weight excluding hydrogens is 354 g/mol. The van der Waals surface area contributed by atoms with Gasteiger partial charge < -0.3 is 5.32 Å². The van der Waals surface area contributed by atoms with Gasteiger partial charge in [-0.3, -0.25) is 4.79 Å². The number of alkyl halides is 4. The molecule has 21 heavy (non-hydrogen) atoms. The first-order valence-corrected chi connectivity index (χ1v) is 7.59. The Bertz CT molecular complexity index is 490. The molecule has 2 nitrogen and oxygen atoms in total. The van der Waals surface area contributed by atoms with E-state index in [9.17, 15) is 22.4 Å². The summed E-state index contributed by atoms with van der Waals surface area (Å²) < 4.78 is 51.4. The molecule has 0 saturated carbocycles. The number of nitrogens with one attached hydrogen (secondary N) is 1. The molecule has 1 N–H and O–H groups in total. The largest absolute Gasteiger partial charge is 0.419 e. The molecule has 1 amide bonds. The predicted octanol–water partition coefficient (Wildman–Crippen LogP) is 4.39. The molecule has 0 bridgehead atoms. The summed E-state index contributed by atoms with van der Waals surface area (Å²) in [5, 5.41) is 3.27. The maximum Gasteiger partial charge on any atom is 0.419 e. The molecule has 0 aliphatic heterocycles. The van der Waals surface area contributed by atoms with E-state index in [0.29, 0.717) is 24.9 Å². The quantitative estimate of drug-likeness (QED) is 0.449. The summed E-state index contributed by atoms with van der Waals surface area (Å²) in [6.45, 7) is 2.33. The lowest BCUT2D eigenvalue weighted by molar-refractivity contribution is -0.140. The molecule has 0 fully saturated rings. The molecular formula is C14H16BrF4NO. The molecule has 1 aromatic rings. The normalized spacial score (nSPS) is 13.0. The van der Waals surface area contributed by atoms with Gasteiger partial charge in [-0.2, -0.15) is 13.2 Å². The van der Waals surface area contributed by atoms with Gasteiger partial charge in [0.2, 0.25) is 0 Å². The summed E-state index contributed by atoms with van der Waals surface area (Å²) in [6, 6.07) is 2.68. The van der Waals surface area contributed by atoms with Crippen LogP contribution in [-0.4, -0.2) is 17.8 Å². The minimum atomic E-state index is -4.81. The summed E-state index contributed by atoms with van der Waals surface area (Å²) in [7, 11) is 0. The summed E-state index contributed by atoms with van der Waals surface area (Å²) in [5.74, 6) is -1.92. The Kier molecular flexibility index (Phi) is 6.64. The SMILES string of the molecule is CC(CBr)CCCNC(=O)c1cccc(C(F)(F)F)c1F. The lowest BCUT2D eigenvalue weighted by atomic mass is 10.1. The van der Waals surface area contributed by atoms with Crippen molar-refractivity contribution in [2.24, 2.45) is 5.92 Å². The number of carbonyl (C=O) groups excluding carboxylic acids is 1. The second-order valence-electron chi connectivity index (χ2n) is 4.82. The zero-order chi connectivity index (χ0) is 16.0. The van der Waals surface area contributed by atoms with Crippen LogP contribution in [0.15, 0.2) is 18.2 Å². The third-order valence-corrected chi connectivity index (χ3v) is 4.08. The van der Waals surface area contributed by atoms with Crippen molar-refractivity contribution in [3.63, 3.8) is 0 Å². The molecule has 0 saturated heterocycles. The highest BCUT2D eigenvalue weighted by Crippen LogP contribution is 2.32. The van der Waals surface area contributed by atoms with E-state index < -0.39 is 29.0 Å². The van der Waals surface area contributed by atoms with Gasteiger partial charge in [-0.15, -0.1) is 0 Å². The Morgan fingerprint density at radius 1 is 1.38 bits per heavy atom. The van der Waals surface area contributed by atoms with Crippen molar-refractivity contribution < 1.29 is 22.4 Å². The van der Waals surface area contributed by atoms with E-state index in [1.807, 2.05) is 6.92 Å². The fraction of sp³-hybridized carbons (Fsp3) is 0.500. The molecule has 0 radical (unpaired) electrons. The topological polar surface area (TPSA) is 29.1 Å². The van der Waals surface area contributed by atoms with Crippen LogP contribution in [-0.2, 0) is 6.18 Å². The van der Waals surface area contributed by atoms with E-state index in [-0.39, 0.29) is 0 Å². The zero-order valence-corrected chi connectivity index (χ0v) is 13.0. The summed E-state index contributed by atoms with van der Waals surface area (Å²) in [4.78, 5) is 11.7. The van der Waals surface area contributed by atoms with Gasteiger partial charge in [0.1, 0.15) is 5.82 Å². The number of halogens is 5. The van der Waals surface area contributed by atoms with Crippen molar-refractivity contribution in [1.82, 2.24) is 5.32 Å². The van der Waals surface area contributed by atoms with Crippen LogP contribution >= 0.6 is 15.9 Å². The molecule has 0 aromatic heterocycles. The first-order chi connectivity index (χ1) is 9.77. The van der Waals surface area contributed by atoms with E-state index in [0.717, 1.165) is 23.9 Å². The van der Waals surface area contributed by atoms with Crippen LogP contribution in [0.1, 0.15) is 35.7 Å². The number of amides is 1. The Labute approximate surface area is 129 Å². The fourth-order valence-corrected chi connectivity index (χ4v) is 2.07. The van der Waals surface area contributed by atoms with Crippen molar-refractivity contribution in [1.29, 1.82) is 0 Å². The first-order valence-electron chi connectivity index (χ1n) is 6.47. The van der Waals surface area contributed by atoms with E-state index >= 15 is 0 Å². The molecule has 1 atom stereocenters. The van der Waals surface area contributed by atoms with E-state index in [4.69, 9.17) is 0 Å². The highest BCUT2D eigenvalue weighted by Gasteiger charge is 2.35. The van der Waals surface area contributed by atoms with E-state index in [1.54, 1.807) is 0 Å². The summed E-state index contributed by atoms with van der Waals surface area (Å²) in [5.41, 5.74) is -2.01. The van der Waals surface area contributed by atoms with Gasteiger partial charge in [0.15, 0.2) is 0 Å². The van der Waals surface area contributed by atoms with Gasteiger partial charge in [-0.05, 0) is 30.9 Å². The van der Waals surface area contributed by atoms with Crippen LogP contribution in [0.4, 0.5) is 17.6 Å². The number of hydrogen-bond acceptors (Lipinski definition) is 1.